The lowest BCUT2D eigenvalue weighted by molar-refractivity contribution is 0.0600. The second-order valence-electron chi connectivity index (χ2n) is 6.64. The minimum absolute atomic E-state index is 0.255. The molecule has 0 atom stereocenters. The Bertz CT molecular complexity index is 1340. The highest BCUT2D eigenvalue weighted by Crippen LogP contribution is 2.28. The van der Waals surface area contributed by atoms with Gasteiger partial charge in [0.2, 0.25) is 0 Å². The molecule has 30 heavy (non-hydrogen) atoms. The number of benzene rings is 2. The Labute approximate surface area is 171 Å². The monoisotopic (exact) mass is 401 g/mol. The summed E-state index contributed by atoms with van der Waals surface area (Å²) < 4.78 is 24.0. The molecule has 0 bridgehead atoms. The van der Waals surface area contributed by atoms with E-state index in [-0.39, 0.29) is 11.4 Å². The van der Waals surface area contributed by atoms with Gasteiger partial charge in [-0.3, -0.25) is 0 Å². The van der Waals surface area contributed by atoms with Gasteiger partial charge in [-0.25, -0.2) is 14.2 Å². The number of hydrogen-bond donors (Lipinski definition) is 1. The lowest BCUT2D eigenvalue weighted by atomic mass is 10.0. The molecule has 0 aliphatic carbocycles. The number of carbonyl (C=O) groups is 1. The molecule has 2 aromatic heterocycles. The van der Waals surface area contributed by atoms with Crippen molar-refractivity contribution < 1.29 is 18.3 Å². The fourth-order valence-corrected chi connectivity index (χ4v) is 3.17. The highest BCUT2D eigenvalue weighted by Gasteiger charge is 2.13. The number of carbonyl (C=O) groups excluding carboxylic acids is 1. The molecule has 0 radical (unpaired) electrons. The normalized spacial score (nSPS) is 11.5. The van der Waals surface area contributed by atoms with E-state index in [1.165, 1.54) is 19.2 Å². The van der Waals surface area contributed by atoms with Gasteiger partial charge < -0.3 is 14.1 Å². The van der Waals surface area contributed by atoms with Gasteiger partial charge in [-0.15, -0.1) is 0 Å². The fourth-order valence-electron chi connectivity index (χ4n) is 3.17. The molecule has 0 spiro atoms. The van der Waals surface area contributed by atoms with Gasteiger partial charge in [0.05, 0.1) is 29.3 Å². The van der Waals surface area contributed by atoms with Crippen LogP contribution in [0.1, 0.15) is 27.5 Å². The van der Waals surface area contributed by atoms with Crippen LogP contribution < -0.4 is 0 Å². The number of hydrogen-bond acceptors (Lipinski definition) is 5. The third-order valence-electron chi connectivity index (χ3n) is 4.65. The van der Waals surface area contributed by atoms with Gasteiger partial charge in [-0.05, 0) is 55.0 Å². The standard InChI is InChI=1S/C23H16FN3O3/c1-13-9-14(23(28)29-2)3-6-18(13)21-8-5-17(30-21)10-15(12-25)22-26-19-7-4-16(24)11-20(19)27-22/h3-11H,1-2H3,(H,26,27)/b15-10-. The topological polar surface area (TPSA) is 91.9 Å². The van der Waals surface area contributed by atoms with Gasteiger partial charge in [-0.1, -0.05) is 6.07 Å². The first kappa shape index (κ1) is 19.2. The molecule has 0 aliphatic rings. The van der Waals surface area contributed by atoms with Crippen LogP contribution in [-0.4, -0.2) is 23.0 Å². The number of ether oxygens (including phenoxy) is 1. The molecular weight excluding hydrogens is 385 g/mol. The highest BCUT2D eigenvalue weighted by atomic mass is 19.1. The number of nitrogens with one attached hydrogen (secondary N) is 1. The molecule has 4 rings (SSSR count). The van der Waals surface area contributed by atoms with Crippen LogP contribution in [0.25, 0.3) is 34.0 Å². The summed E-state index contributed by atoms with van der Waals surface area (Å²) in [5.74, 6) is 0.597. The minimum Gasteiger partial charge on any atom is -0.465 e. The molecule has 0 amide bonds. The summed E-state index contributed by atoms with van der Waals surface area (Å²) in [5, 5.41) is 9.56. The summed E-state index contributed by atoms with van der Waals surface area (Å²) in [6.45, 7) is 1.87. The zero-order valence-corrected chi connectivity index (χ0v) is 16.2. The quantitative estimate of drug-likeness (QED) is 0.378. The lowest BCUT2D eigenvalue weighted by Crippen LogP contribution is -2.01. The van der Waals surface area contributed by atoms with Crippen LogP contribution in [0, 0.1) is 24.1 Å². The number of imidazole rings is 1. The number of nitrogens with zero attached hydrogens (tertiary/aromatic N) is 2. The van der Waals surface area contributed by atoms with Crippen LogP contribution >= 0.6 is 0 Å². The molecule has 0 saturated heterocycles. The van der Waals surface area contributed by atoms with Crippen LogP contribution in [-0.2, 0) is 4.74 Å². The first-order valence-electron chi connectivity index (χ1n) is 9.05. The number of H-pyrrole nitrogens is 1. The Kier molecular flexibility index (Phi) is 4.90. The molecule has 7 heteroatoms. The number of aromatic amines is 1. The van der Waals surface area contributed by atoms with Crippen LogP contribution in [0.3, 0.4) is 0 Å². The number of aryl methyl sites for hydroxylation is 1. The Morgan fingerprint density at radius 2 is 2.07 bits per heavy atom. The van der Waals surface area contributed by atoms with Crippen molar-refractivity contribution in [3.63, 3.8) is 0 Å². The zero-order chi connectivity index (χ0) is 21.3. The molecule has 0 saturated carbocycles. The number of rotatable bonds is 4. The maximum Gasteiger partial charge on any atom is 0.337 e. The molecule has 1 N–H and O–H groups in total. The van der Waals surface area contributed by atoms with Gasteiger partial charge in [0, 0.05) is 11.6 Å². The summed E-state index contributed by atoms with van der Waals surface area (Å²) in [7, 11) is 1.34. The van der Waals surface area contributed by atoms with E-state index in [1.807, 2.05) is 6.92 Å². The Balaban J connectivity index is 1.66. The van der Waals surface area contributed by atoms with Crippen LogP contribution in [0.15, 0.2) is 52.9 Å². The van der Waals surface area contributed by atoms with E-state index in [9.17, 15) is 14.4 Å². The van der Waals surface area contributed by atoms with Gasteiger partial charge >= 0.3 is 5.97 Å². The highest BCUT2D eigenvalue weighted by molar-refractivity contribution is 5.91. The maximum atomic E-state index is 13.4. The van der Waals surface area contributed by atoms with E-state index < -0.39 is 5.97 Å². The molecule has 6 nitrogen and oxygen atoms in total. The van der Waals surface area contributed by atoms with E-state index >= 15 is 0 Å². The first-order valence-corrected chi connectivity index (χ1v) is 9.05. The van der Waals surface area contributed by atoms with Crippen molar-refractivity contribution in [2.24, 2.45) is 0 Å². The predicted octanol–water partition coefficient (Wildman–Crippen LogP) is 5.12. The van der Waals surface area contributed by atoms with Gasteiger partial charge in [0.25, 0.3) is 0 Å². The van der Waals surface area contributed by atoms with Gasteiger partial charge in [-0.2, -0.15) is 5.26 Å². The summed E-state index contributed by atoms with van der Waals surface area (Å²) in [5.41, 5.74) is 3.45. The number of allylic oxidation sites excluding steroid dienone is 1. The summed E-state index contributed by atoms with van der Waals surface area (Å²) in [6.07, 6.45) is 1.57. The van der Waals surface area contributed by atoms with Gasteiger partial charge in [0.15, 0.2) is 0 Å². The molecule has 4 aromatic rings. The number of fused-ring (bicyclic) bond motifs is 1. The Hall–Kier alpha value is -4.18. The van der Waals surface area contributed by atoms with Crippen LogP contribution in [0.4, 0.5) is 4.39 Å². The Morgan fingerprint density at radius 1 is 1.23 bits per heavy atom. The maximum absolute atomic E-state index is 13.4. The number of halogens is 1. The second-order valence-corrected chi connectivity index (χ2v) is 6.64. The van der Waals surface area contributed by atoms with Gasteiger partial charge in [0.1, 0.15) is 29.2 Å². The average Bonchev–Trinajstić information content (AvgIpc) is 3.37. The molecule has 0 fully saturated rings. The van der Waals surface area contributed by atoms with E-state index in [1.54, 1.807) is 42.5 Å². The molecule has 2 aromatic carbocycles. The average molecular weight is 401 g/mol. The number of aromatic nitrogens is 2. The van der Waals surface area contributed by atoms with Crippen molar-refractivity contribution in [2.45, 2.75) is 6.92 Å². The van der Waals surface area contributed by atoms with Crippen molar-refractivity contribution in [2.75, 3.05) is 7.11 Å². The summed E-state index contributed by atoms with van der Waals surface area (Å²) >= 11 is 0. The molecule has 148 valence electrons. The van der Waals surface area contributed by atoms with Crippen molar-refractivity contribution in [3.05, 3.63) is 77.1 Å². The minimum atomic E-state index is -0.405. The SMILES string of the molecule is COC(=O)c1ccc(-c2ccc(/C=C(/C#N)c3nc4ccc(F)cc4[nH]3)o2)c(C)c1. The Morgan fingerprint density at radius 3 is 2.80 bits per heavy atom. The molecule has 0 aliphatic heterocycles. The van der Waals surface area contributed by atoms with E-state index in [2.05, 4.69) is 16.0 Å². The van der Waals surface area contributed by atoms with E-state index in [4.69, 9.17) is 9.15 Å². The van der Waals surface area contributed by atoms with Crippen LogP contribution in [0.5, 0.6) is 0 Å². The third-order valence-corrected chi connectivity index (χ3v) is 4.65. The smallest absolute Gasteiger partial charge is 0.337 e. The second kappa shape index (κ2) is 7.68. The number of furan rings is 1. The third kappa shape index (κ3) is 3.59. The van der Waals surface area contributed by atoms with E-state index in [0.717, 1.165) is 11.1 Å². The van der Waals surface area contributed by atoms with Crippen molar-refractivity contribution >= 4 is 28.7 Å². The van der Waals surface area contributed by atoms with E-state index in [0.29, 0.717) is 33.9 Å². The zero-order valence-electron chi connectivity index (χ0n) is 16.2. The molecule has 2 heterocycles. The number of esters is 1. The molecular formula is C23H16FN3O3. The van der Waals surface area contributed by atoms with Crippen molar-refractivity contribution in [3.8, 4) is 17.4 Å². The largest absolute Gasteiger partial charge is 0.465 e. The molecule has 0 unspecified atom stereocenters. The lowest BCUT2D eigenvalue weighted by Gasteiger charge is -2.05. The first-order chi connectivity index (χ1) is 14.5. The summed E-state index contributed by atoms with van der Waals surface area (Å²) in [6, 6.07) is 15.0. The predicted molar refractivity (Wildman–Crippen MR) is 110 cm³/mol. The van der Waals surface area contributed by atoms with Crippen molar-refractivity contribution in [1.29, 1.82) is 5.26 Å². The number of methoxy groups -OCH3 is 1. The number of nitriles is 1. The van der Waals surface area contributed by atoms with Crippen LogP contribution in [0.2, 0.25) is 0 Å². The fraction of sp³-hybridized carbons (Fsp3) is 0.0870. The summed E-state index contributed by atoms with van der Waals surface area (Å²) in [4.78, 5) is 19.0. The van der Waals surface area contributed by atoms with Crippen molar-refractivity contribution in [1.82, 2.24) is 9.97 Å².